The first-order valence-electron chi connectivity index (χ1n) is 9.99. The van der Waals surface area contributed by atoms with Crippen LogP contribution in [0.15, 0.2) is 24.3 Å². The number of halogens is 3. The van der Waals surface area contributed by atoms with Crippen molar-refractivity contribution in [1.82, 2.24) is 10.6 Å². The van der Waals surface area contributed by atoms with Crippen LogP contribution in [0.4, 0.5) is 0 Å². The van der Waals surface area contributed by atoms with E-state index in [1.165, 1.54) is 69.9 Å². The van der Waals surface area contributed by atoms with Crippen molar-refractivity contribution in [3.05, 3.63) is 34.9 Å². The fourth-order valence-corrected chi connectivity index (χ4v) is 4.54. The molecule has 2 aliphatic carbocycles. The van der Waals surface area contributed by atoms with Crippen LogP contribution in [0.5, 0.6) is 0 Å². The molecular formula is C21H35Cl3N2. The SMILES string of the molecule is Cl.Cl.Clc1ccccc1CNCC1CCC(CNC2CCCCC2)CC1. The van der Waals surface area contributed by atoms with Crippen LogP contribution in [-0.4, -0.2) is 19.1 Å². The summed E-state index contributed by atoms with van der Waals surface area (Å²) in [6, 6.07) is 8.96. The zero-order valence-corrected chi connectivity index (χ0v) is 18.1. The molecule has 2 N–H and O–H groups in total. The molecule has 2 fully saturated rings. The second kappa shape index (κ2) is 13.2. The summed E-state index contributed by atoms with van der Waals surface area (Å²) in [7, 11) is 0. The standard InChI is InChI=1S/C21H33ClN2.2ClH/c22-21-9-5-4-6-19(21)16-23-14-17-10-12-18(13-11-17)15-24-20-7-2-1-3-8-20;;/h4-6,9,17-18,20,23-24H,1-3,7-8,10-16H2;2*1H. The lowest BCUT2D eigenvalue weighted by molar-refractivity contribution is 0.247. The van der Waals surface area contributed by atoms with E-state index in [4.69, 9.17) is 11.6 Å². The van der Waals surface area contributed by atoms with Crippen molar-refractivity contribution in [3.63, 3.8) is 0 Å². The van der Waals surface area contributed by atoms with E-state index in [9.17, 15) is 0 Å². The number of rotatable bonds is 7. The minimum atomic E-state index is 0. The minimum Gasteiger partial charge on any atom is -0.314 e. The smallest absolute Gasteiger partial charge is 0.0450 e. The fourth-order valence-electron chi connectivity index (χ4n) is 4.33. The van der Waals surface area contributed by atoms with Crippen molar-refractivity contribution >= 4 is 36.4 Å². The Balaban J connectivity index is 0.00000169. The van der Waals surface area contributed by atoms with Gasteiger partial charge in [-0.2, -0.15) is 0 Å². The van der Waals surface area contributed by atoms with Gasteiger partial charge in [-0.1, -0.05) is 49.1 Å². The molecule has 2 saturated carbocycles. The van der Waals surface area contributed by atoms with E-state index in [0.717, 1.165) is 36.0 Å². The monoisotopic (exact) mass is 420 g/mol. The van der Waals surface area contributed by atoms with E-state index < -0.39 is 0 Å². The molecule has 2 aliphatic rings. The van der Waals surface area contributed by atoms with E-state index >= 15 is 0 Å². The molecule has 3 rings (SSSR count). The molecular weight excluding hydrogens is 387 g/mol. The summed E-state index contributed by atoms with van der Waals surface area (Å²) in [6.07, 6.45) is 12.7. The molecule has 2 nitrogen and oxygen atoms in total. The van der Waals surface area contributed by atoms with Crippen molar-refractivity contribution in [3.8, 4) is 0 Å². The minimum absolute atomic E-state index is 0. The Morgan fingerprint density at radius 3 is 2.08 bits per heavy atom. The maximum absolute atomic E-state index is 6.22. The summed E-state index contributed by atoms with van der Waals surface area (Å²) in [4.78, 5) is 0. The third-order valence-corrected chi connectivity index (χ3v) is 6.34. The zero-order valence-electron chi connectivity index (χ0n) is 15.7. The highest BCUT2D eigenvalue weighted by Gasteiger charge is 2.22. The van der Waals surface area contributed by atoms with E-state index in [0.29, 0.717) is 0 Å². The van der Waals surface area contributed by atoms with Gasteiger partial charge in [0.2, 0.25) is 0 Å². The molecule has 0 atom stereocenters. The third-order valence-electron chi connectivity index (χ3n) is 5.97. The van der Waals surface area contributed by atoms with Crippen LogP contribution in [0.25, 0.3) is 0 Å². The van der Waals surface area contributed by atoms with Crippen LogP contribution in [0.1, 0.15) is 63.4 Å². The Kier molecular flexibility index (Phi) is 12.2. The van der Waals surface area contributed by atoms with Gasteiger partial charge in [-0.25, -0.2) is 0 Å². The summed E-state index contributed by atoms with van der Waals surface area (Å²) in [5.41, 5.74) is 1.21. The molecule has 0 spiro atoms. The average Bonchev–Trinajstić information content (AvgIpc) is 2.63. The number of hydrogen-bond acceptors (Lipinski definition) is 2. The molecule has 150 valence electrons. The predicted octanol–water partition coefficient (Wildman–Crippen LogP) is 6.00. The second-order valence-corrected chi connectivity index (χ2v) is 8.26. The van der Waals surface area contributed by atoms with Crippen LogP contribution in [-0.2, 0) is 6.54 Å². The molecule has 1 aromatic rings. The van der Waals surface area contributed by atoms with E-state index in [2.05, 4.69) is 22.8 Å². The lowest BCUT2D eigenvalue weighted by Gasteiger charge is -2.31. The van der Waals surface area contributed by atoms with Crippen molar-refractivity contribution < 1.29 is 0 Å². The average molecular weight is 422 g/mol. The molecule has 0 heterocycles. The summed E-state index contributed by atoms with van der Waals surface area (Å²) in [6.45, 7) is 3.28. The van der Waals surface area contributed by atoms with Crippen LogP contribution in [0.2, 0.25) is 5.02 Å². The molecule has 1 aromatic carbocycles. The van der Waals surface area contributed by atoms with E-state index in [1.54, 1.807) is 0 Å². The second-order valence-electron chi connectivity index (χ2n) is 7.85. The van der Waals surface area contributed by atoms with Crippen LogP contribution in [0.3, 0.4) is 0 Å². The lowest BCUT2D eigenvalue weighted by atomic mass is 9.81. The Morgan fingerprint density at radius 1 is 0.808 bits per heavy atom. The van der Waals surface area contributed by atoms with Gasteiger partial charge in [0, 0.05) is 17.6 Å². The van der Waals surface area contributed by atoms with E-state index in [1.807, 2.05) is 12.1 Å². The van der Waals surface area contributed by atoms with Crippen molar-refractivity contribution in [2.75, 3.05) is 13.1 Å². The van der Waals surface area contributed by atoms with Crippen LogP contribution >= 0.6 is 36.4 Å². The van der Waals surface area contributed by atoms with Gasteiger partial charge in [0.05, 0.1) is 0 Å². The molecule has 0 amide bonds. The first-order chi connectivity index (χ1) is 11.8. The van der Waals surface area contributed by atoms with Crippen molar-refractivity contribution in [2.45, 2.75) is 70.4 Å². The summed E-state index contributed by atoms with van der Waals surface area (Å²) in [5, 5.41) is 8.33. The topological polar surface area (TPSA) is 24.1 Å². The molecule has 26 heavy (non-hydrogen) atoms. The first kappa shape index (κ1) is 24.0. The molecule has 5 heteroatoms. The van der Waals surface area contributed by atoms with Crippen LogP contribution < -0.4 is 10.6 Å². The Morgan fingerprint density at radius 2 is 1.42 bits per heavy atom. The fraction of sp³-hybridized carbons (Fsp3) is 0.714. The lowest BCUT2D eigenvalue weighted by Crippen LogP contribution is -2.36. The molecule has 0 aromatic heterocycles. The van der Waals surface area contributed by atoms with Gasteiger partial charge in [0.25, 0.3) is 0 Å². The normalized spacial score (nSPS) is 23.7. The van der Waals surface area contributed by atoms with Crippen LogP contribution in [0, 0.1) is 11.8 Å². The number of nitrogens with one attached hydrogen (secondary N) is 2. The molecule has 0 saturated heterocycles. The van der Waals surface area contributed by atoms with Gasteiger partial charge in [-0.3, -0.25) is 0 Å². The maximum Gasteiger partial charge on any atom is 0.0450 e. The number of hydrogen-bond donors (Lipinski definition) is 2. The van der Waals surface area contributed by atoms with Gasteiger partial charge < -0.3 is 10.6 Å². The van der Waals surface area contributed by atoms with Gasteiger partial charge in [-0.15, -0.1) is 24.8 Å². The van der Waals surface area contributed by atoms with Crippen molar-refractivity contribution in [1.29, 1.82) is 0 Å². The van der Waals surface area contributed by atoms with E-state index in [-0.39, 0.29) is 24.8 Å². The highest BCUT2D eigenvalue weighted by atomic mass is 35.5. The number of benzene rings is 1. The maximum atomic E-state index is 6.22. The zero-order chi connectivity index (χ0) is 16.6. The van der Waals surface area contributed by atoms with Gasteiger partial charge in [-0.05, 0) is 75.1 Å². The molecule has 0 radical (unpaired) electrons. The summed E-state index contributed by atoms with van der Waals surface area (Å²) >= 11 is 6.22. The highest BCUT2D eigenvalue weighted by molar-refractivity contribution is 6.31. The molecule has 0 unspecified atom stereocenters. The largest absolute Gasteiger partial charge is 0.314 e. The first-order valence-corrected chi connectivity index (χ1v) is 10.4. The third kappa shape index (κ3) is 7.94. The van der Waals surface area contributed by atoms with Crippen molar-refractivity contribution in [2.24, 2.45) is 11.8 Å². The van der Waals surface area contributed by atoms with Gasteiger partial charge >= 0.3 is 0 Å². The Labute approximate surface area is 177 Å². The van der Waals surface area contributed by atoms with Gasteiger partial charge in [0.1, 0.15) is 0 Å². The Bertz CT molecular complexity index is 484. The predicted molar refractivity (Wildman–Crippen MR) is 118 cm³/mol. The quantitative estimate of drug-likeness (QED) is 0.564. The summed E-state index contributed by atoms with van der Waals surface area (Å²) in [5.74, 6) is 1.75. The Hall–Kier alpha value is 0.01000. The molecule has 0 bridgehead atoms. The molecule has 0 aliphatic heterocycles. The van der Waals surface area contributed by atoms with Gasteiger partial charge in [0.15, 0.2) is 0 Å². The summed E-state index contributed by atoms with van der Waals surface area (Å²) < 4.78 is 0. The highest BCUT2D eigenvalue weighted by Crippen LogP contribution is 2.28.